The zero-order valence-corrected chi connectivity index (χ0v) is 22.3. The summed E-state index contributed by atoms with van der Waals surface area (Å²) in [5, 5.41) is 2.82. The highest BCUT2D eigenvalue weighted by molar-refractivity contribution is 6.03. The van der Waals surface area contributed by atoms with Crippen LogP contribution in [0, 0.1) is 0 Å². The first-order chi connectivity index (χ1) is 18.4. The van der Waals surface area contributed by atoms with Crippen LogP contribution in [0.3, 0.4) is 0 Å². The number of urea groups is 1. The summed E-state index contributed by atoms with van der Waals surface area (Å²) in [7, 11) is 0. The third kappa shape index (κ3) is 6.00. The maximum atomic E-state index is 13.5. The van der Waals surface area contributed by atoms with E-state index in [0.29, 0.717) is 5.56 Å². The fourth-order valence-electron chi connectivity index (χ4n) is 4.52. The summed E-state index contributed by atoms with van der Waals surface area (Å²) in [6, 6.07) is 19.7. The number of amides is 2. The number of rotatable bonds is 7. The summed E-state index contributed by atoms with van der Waals surface area (Å²) in [5.41, 5.74) is 1.92. The van der Waals surface area contributed by atoms with E-state index in [0.717, 1.165) is 34.6 Å². The maximum Gasteiger partial charge on any atom is 0.416 e. The molecule has 0 bridgehead atoms. The molecular formula is C31H31F3N2O3. The SMILES string of the molecule is CCC(C)(C)c1ccc(C2NC(=O)N(c3cccc(C(F)(F)F)c3)C(C)=C2C(=O)OCc2ccccc2)cc1. The van der Waals surface area contributed by atoms with Crippen LogP contribution >= 0.6 is 0 Å². The van der Waals surface area contributed by atoms with Gasteiger partial charge >= 0.3 is 18.2 Å². The third-order valence-electron chi connectivity index (χ3n) is 7.26. The molecule has 0 saturated heterocycles. The maximum absolute atomic E-state index is 13.5. The van der Waals surface area contributed by atoms with E-state index in [-0.39, 0.29) is 29.0 Å². The van der Waals surface area contributed by atoms with Gasteiger partial charge in [-0.15, -0.1) is 0 Å². The average Bonchev–Trinajstić information content (AvgIpc) is 2.92. The Morgan fingerprint density at radius 2 is 1.62 bits per heavy atom. The topological polar surface area (TPSA) is 58.6 Å². The number of esters is 1. The highest BCUT2D eigenvalue weighted by Gasteiger charge is 2.38. The average molecular weight is 537 g/mol. The summed E-state index contributed by atoms with van der Waals surface area (Å²) in [6.07, 6.45) is -3.66. The van der Waals surface area contributed by atoms with E-state index >= 15 is 0 Å². The number of nitrogens with one attached hydrogen (secondary N) is 1. The summed E-state index contributed by atoms with van der Waals surface area (Å²) in [5.74, 6) is -0.670. The highest BCUT2D eigenvalue weighted by Crippen LogP contribution is 2.38. The van der Waals surface area contributed by atoms with E-state index in [2.05, 4.69) is 26.1 Å². The smallest absolute Gasteiger partial charge is 0.416 e. The first-order valence-electron chi connectivity index (χ1n) is 12.7. The molecule has 1 aliphatic rings. The van der Waals surface area contributed by atoms with E-state index in [1.54, 1.807) is 6.92 Å². The molecule has 39 heavy (non-hydrogen) atoms. The fraction of sp³-hybridized carbons (Fsp3) is 0.290. The Balaban J connectivity index is 1.76. The van der Waals surface area contributed by atoms with Gasteiger partial charge in [-0.1, -0.05) is 81.4 Å². The van der Waals surface area contributed by atoms with Crippen molar-refractivity contribution in [1.82, 2.24) is 5.32 Å². The van der Waals surface area contributed by atoms with Crippen molar-refractivity contribution in [3.8, 4) is 0 Å². The number of ether oxygens (including phenoxy) is 1. The van der Waals surface area contributed by atoms with E-state index in [1.165, 1.54) is 12.1 Å². The van der Waals surface area contributed by atoms with Crippen LogP contribution < -0.4 is 10.2 Å². The number of carbonyl (C=O) groups excluding carboxylic acids is 2. The lowest BCUT2D eigenvalue weighted by Gasteiger charge is -2.36. The first-order valence-corrected chi connectivity index (χ1v) is 12.7. The Kier molecular flexibility index (Phi) is 7.86. The molecule has 204 valence electrons. The van der Waals surface area contributed by atoms with Crippen LogP contribution in [-0.4, -0.2) is 12.0 Å². The number of allylic oxidation sites excluding steroid dienone is 1. The van der Waals surface area contributed by atoms with Gasteiger partial charge < -0.3 is 10.1 Å². The minimum atomic E-state index is -4.59. The van der Waals surface area contributed by atoms with Crippen LogP contribution in [0.15, 0.2) is 90.1 Å². The Labute approximate surface area is 226 Å². The van der Waals surface area contributed by atoms with Crippen LogP contribution in [0.4, 0.5) is 23.7 Å². The zero-order valence-electron chi connectivity index (χ0n) is 22.3. The van der Waals surface area contributed by atoms with Gasteiger partial charge in [-0.25, -0.2) is 9.59 Å². The van der Waals surface area contributed by atoms with Crippen molar-refractivity contribution in [1.29, 1.82) is 0 Å². The second kappa shape index (κ2) is 11.0. The van der Waals surface area contributed by atoms with Crippen molar-refractivity contribution in [3.63, 3.8) is 0 Å². The van der Waals surface area contributed by atoms with E-state index < -0.39 is 29.8 Å². The van der Waals surface area contributed by atoms with Crippen molar-refractivity contribution >= 4 is 17.7 Å². The molecule has 0 fully saturated rings. The number of nitrogens with zero attached hydrogens (tertiary/aromatic N) is 1. The largest absolute Gasteiger partial charge is 0.457 e. The number of alkyl halides is 3. The van der Waals surface area contributed by atoms with Gasteiger partial charge in [0.1, 0.15) is 6.61 Å². The number of carbonyl (C=O) groups is 2. The van der Waals surface area contributed by atoms with Crippen molar-refractivity contribution in [2.45, 2.75) is 58.4 Å². The molecule has 1 aliphatic heterocycles. The third-order valence-corrected chi connectivity index (χ3v) is 7.26. The predicted octanol–water partition coefficient (Wildman–Crippen LogP) is 7.68. The van der Waals surface area contributed by atoms with Gasteiger partial charge in [-0.2, -0.15) is 13.2 Å². The van der Waals surface area contributed by atoms with E-state index in [1.807, 2.05) is 54.6 Å². The first kappa shape index (κ1) is 28.0. The predicted molar refractivity (Wildman–Crippen MR) is 144 cm³/mol. The lowest BCUT2D eigenvalue weighted by Crippen LogP contribution is -2.48. The molecule has 0 aliphatic carbocycles. The zero-order chi connectivity index (χ0) is 28.4. The molecular weight excluding hydrogens is 505 g/mol. The van der Waals surface area contributed by atoms with E-state index in [9.17, 15) is 22.8 Å². The Morgan fingerprint density at radius 3 is 2.23 bits per heavy atom. The van der Waals surface area contributed by atoms with Crippen LogP contribution in [0.1, 0.15) is 62.4 Å². The van der Waals surface area contributed by atoms with Crippen molar-refractivity contribution in [2.24, 2.45) is 0 Å². The Hall–Kier alpha value is -4.07. The van der Waals surface area contributed by atoms with Crippen molar-refractivity contribution in [2.75, 3.05) is 4.90 Å². The number of hydrogen-bond donors (Lipinski definition) is 1. The van der Waals surface area contributed by atoms with E-state index in [4.69, 9.17) is 4.74 Å². The summed E-state index contributed by atoms with van der Waals surface area (Å²) in [6.45, 7) is 7.91. The molecule has 3 aromatic rings. The lowest BCUT2D eigenvalue weighted by atomic mass is 9.81. The van der Waals surface area contributed by atoms with Crippen molar-refractivity contribution < 1.29 is 27.5 Å². The van der Waals surface area contributed by atoms with Crippen molar-refractivity contribution in [3.05, 3.63) is 112 Å². The second-order valence-electron chi connectivity index (χ2n) is 10.2. The van der Waals surface area contributed by atoms with Gasteiger partial charge in [-0.3, -0.25) is 4.90 Å². The molecule has 4 rings (SSSR count). The van der Waals surface area contributed by atoms with Gasteiger partial charge in [0.05, 0.1) is 22.9 Å². The minimum Gasteiger partial charge on any atom is -0.457 e. The monoisotopic (exact) mass is 536 g/mol. The molecule has 5 nitrogen and oxygen atoms in total. The standard InChI is InChI=1S/C31H31F3N2O3/c1-5-30(3,4)23-16-14-22(15-17-23)27-26(28(37)39-19-21-10-7-6-8-11-21)20(2)36(29(38)35-27)25-13-9-12-24(18-25)31(32,33)34/h6-18,27H,5,19H2,1-4H3,(H,35,38). The molecule has 0 saturated carbocycles. The van der Waals surface area contributed by atoms with Gasteiger partial charge in [0.2, 0.25) is 0 Å². The Morgan fingerprint density at radius 1 is 0.949 bits per heavy atom. The molecule has 1 unspecified atom stereocenters. The highest BCUT2D eigenvalue weighted by atomic mass is 19.4. The summed E-state index contributed by atoms with van der Waals surface area (Å²) < 4.78 is 45.9. The number of hydrogen-bond acceptors (Lipinski definition) is 3. The van der Waals surface area contributed by atoms with Gasteiger partial charge in [0.15, 0.2) is 0 Å². The minimum absolute atomic E-state index is 0.00427. The molecule has 0 aromatic heterocycles. The summed E-state index contributed by atoms with van der Waals surface area (Å²) in [4.78, 5) is 27.9. The molecule has 0 spiro atoms. The number of anilines is 1. The van der Waals surface area contributed by atoms with Gasteiger partial charge in [0.25, 0.3) is 0 Å². The molecule has 1 heterocycles. The summed E-state index contributed by atoms with van der Waals surface area (Å²) >= 11 is 0. The van der Waals surface area contributed by atoms with Crippen LogP contribution in [0.5, 0.6) is 0 Å². The van der Waals surface area contributed by atoms with Gasteiger partial charge in [-0.05, 0) is 53.6 Å². The quantitative estimate of drug-likeness (QED) is 0.315. The molecule has 1 atom stereocenters. The lowest BCUT2D eigenvalue weighted by molar-refractivity contribution is -0.141. The van der Waals surface area contributed by atoms with Crippen LogP contribution in [-0.2, 0) is 27.7 Å². The number of halogens is 3. The molecule has 3 aromatic carbocycles. The normalized spacial score (nSPS) is 16.2. The fourth-order valence-corrected chi connectivity index (χ4v) is 4.52. The second-order valence-corrected chi connectivity index (χ2v) is 10.2. The van der Waals surface area contributed by atoms with Crippen LogP contribution in [0.2, 0.25) is 0 Å². The molecule has 1 N–H and O–H groups in total. The molecule has 2 amide bonds. The molecule has 0 radical (unpaired) electrons. The van der Waals surface area contributed by atoms with Crippen LogP contribution in [0.25, 0.3) is 0 Å². The van der Waals surface area contributed by atoms with Gasteiger partial charge in [0, 0.05) is 5.70 Å². The molecule has 8 heteroatoms. The number of benzene rings is 3. The Bertz CT molecular complexity index is 1380.